The van der Waals surface area contributed by atoms with Crippen molar-refractivity contribution < 1.29 is 9.53 Å². The maximum Gasteiger partial charge on any atom is 0.271 e. The number of carbonyl (C=O) groups is 1. The lowest BCUT2D eigenvalue weighted by Gasteiger charge is -2.13. The van der Waals surface area contributed by atoms with Crippen molar-refractivity contribution in [2.75, 3.05) is 0 Å². The Morgan fingerprint density at radius 2 is 1.91 bits per heavy atom. The second-order valence-electron chi connectivity index (χ2n) is 5.66. The molecule has 1 fully saturated rings. The van der Waals surface area contributed by atoms with Gasteiger partial charge in [-0.25, -0.2) is 5.10 Å². The van der Waals surface area contributed by atoms with Crippen LogP contribution in [0.15, 0.2) is 41.2 Å². The lowest BCUT2D eigenvalue weighted by molar-refractivity contribution is 0.0945. The Bertz CT molecular complexity index is 698. The Labute approximate surface area is 133 Å². The Balaban J connectivity index is 1.52. The van der Waals surface area contributed by atoms with E-state index in [1.165, 1.54) is 25.0 Å². The first kappa shape index (κ1) is 15.3. The second-order valence-corrected chi connectivity index (χ2v) is 5.66. The van der Waals surface area contributed by atoms with Crippen LogP contribution >= 0.6 is 0 Å². The van der Waals surface area contributed by atoms with E-state index < -0.39 is 0 Å². The van der Waals surface area contributed by atoms with Gasteiger partial charge in [-0.05, 0) is 49.4 Å². The van der Waals surface area contributed by atoms with Crippen molar-refractivity contribution in [2.45, 2.75) is 38.3 Å². The quantitative estimate of drug-likeness (QED) is 0.884. The number of nitrogens with one attached hydrogen (secondary N) is 2. The Morgan fingerprint density at radius 3 is 2.57 bits per heavy atom. The van der Waals surface area contributed by atoms with Gasteiger partial charge in [0.2, 0.25) is 0 Å². The number of H-pyrrole nitrogens is 1. The molecule has 0 aliphatic heterocycles. The fraction of sp³-hybridized carbons (Fsp3) is 0.353. The number of nitrogens with zero attached hydrogens (tertiary/aromatic N) is 1. The highest BCUT2D eigenvalue weighted by Crippen LogP contribution is 2.24. The lowest BCUT2D eigenvalue weighted by atomic mass is 10.2. The predicted molar refractivity (Wildman–Crippen MR) is 85.4 cm³/mol. The van der Waals surface area contributed by atoms with Gasteiger partial charge in [0.15, 0.2) is 0 Å². The van der Waals surface area contributed by atoms with E-state index in [-0.39, 0.29) is 17.2 Å². The average molecular weight is 313 g/mol. The third-order valence-corrected chi connectivity index (χ3v) is 3.89. The molecule has 0 bridgehead atoms. The molecule has 1 heterocycles. The first-order valence-electron chi connectivity index (χ1n) is 7.80. The number of amides is 1. The summed E-state index contributed by atoms with van der Waals surface area (Å²) in [6.45, 7) is 0.392. The van der Waals surface area contributed by atoms with Gasteiger partial charge in [0.25, 0.3) is 11.5 Å². The molecule has 1 aromatic heterocycles. The van der Waals surface area contributed by atoms with Crippen LogP contribution in [0.5, 0.6) is 5.75 Å². The lowest BCUT2D eigenvalue weighted by Crippen LogP contribution is -2.25. The summed E-state index contributed by atoms with van der Waals surface area (Å²) >= 11 is 0. The van der Waals surface area contributed by atoms with Crippen LogP contribution in [-0.2, 0) is 6.54 Å². The number of carbonyl (C=O) groups excluding carboxylic acids is 1. The summed E-state index contributed by atoms with van der Waals surface area (Å²) in [6, 6.07) is 10.4. The van der Waals surface area contributed by atoms with Crippen LogP contribution in [0.3, 0.4) is 0 Å². The van der Waals surface area contributed by atoms with Gasteiger partial charge < -0.3 is 10.1 Å². The monoisotopic (exact) mass is 313 g/mol. The van der Waals surface area contributed by atoms with Gasteiger partial charge >= 0.3 is 0 Å². The molecule has 1 saturated carbocycles. The van der Waals surface area contributed by atoms with Gasteiger partial charge in [0, 0.05) is 12.6 Å². The average Bonchev–Trinajstić information content (AvgIpc) is 3.07. The van der Waals surface area contributed by atoms with Crippen LogP contribution in [0.1, 0.15) is 41.7 Å². The topological polar surface area (TPSA) is 84.1 Å². The SMILES string of the molecule is O=C(NCc1ccc(OC2CCCC2)cc1)c1ccc(=O)[nH]n1. The number of aromatic nitrogens is 2. The minimum absolute atomic E-state index is 0.186. The van der Waals surface area contributed by atoms with E-state index in [0.717, 1.165) is 24.2 Å². The zero-order chi connectivity index (χ0) is 16.1. The van der Waals surface area contributed by atoms with E-state index in [2.05, 4.69) is 15.5 Å². The summed E-state index contributed by atoms with van der Waals surface area (Å²) in [5.41, 5.74) is 0.826. The Hall–Kier alpha value is -2.63. The molecule has 2 N–H and O–H groups in total. The highest BCUT2D eigenvalue weighted by molar-refractivity contribution is 5.91. The standard InChI is InChI=1S/C17H19N3O3/c21-16-10-9-15(19-20-16)17(22)18-11-12-5-7-14(8-6-12)23-13-3-1-2-4-13/h5-10,13H,1-4,11H2,(H,18,22)(H,20,21). The van der Waals surface area contributed by atoms with E-state index in [9.17, 15) is 9.59 Å². The highest BCUT2D eigenvalue weighted by atomic mass is 16.5. The van der Waals surface area contributed by atoms with Crippen molar-refractivity contribution >= 4 is 5.91 Å². The van der Waals surface area contributed by atoms with Gasteiger partial charge in [-0.15, -0.1) is 0 Å². The summed E-state index contributed by atoms with van der Waals surface area (Å²) < 4.78 is 5.91. The molecule has 120 valence electrons. The molecule has 6 heteroatoms. The van der Waals surface area contributed by atoms with Gasteiger partial charge in [-0.2, -0.15) is 5.10 Å². The maximum atomic E-state index is 11.9. The van der Waals surface area contributed by atoms with E-state index in [1.807, 2.05) is 24.3 Å². The second kappa shape index (κ2) is 7.09. The highest BCUT2D eigenvalue weighted by Gasteiger charge is 2.16. The summed E-state index contributed by atoms with van der Waals surface area (Å²) in [4.78, 5) is 22.8. The van der Waals surface area contributed by atoms with E-state index in [1.54, 1.807) is 0 Å². The first-order valence-corrected chi connectivity index (χ1v) is 7.80. The van der Waals surface area contributed by atoms with Crippen molar-refractivity contribution in [1.82, 2.24) is 15.5 Å². The van der Waals surface area contributed by atoms with Crippen LogP contribution in [-0.4, -0.2) is 22.2 Å². The van der Waals surface area contributed by atoms with Crippen molar-refractivity contribution in [3.8, 4) is 5.75 Å². The first-order chi connectivity index (χ1) is 11.2. The number of hydrogen-bond acceptors (Lipinski definition) is 4. The maximum absolute atomic E-state index is 11.9. The van der Waals surface area contributed by atoms with Gasteiger partial charge in [-0.1, -0.05) is 12.1 Å². The van der Waals surface area contributed by atoms with Crippen LogP contribution in [0.2, 0.25) is 0 Å². The molecular weight excluding hydrogens is 294 g/mol. The van der Waals surface area contributed by atoms with Crippen LogP contribution in [0, 0.1) is 0 Å². The van der Waals surface area contributed by atoms with Gasteiger partial charge in [0.05, 0.1) is 6.10 Å². The molecule has 0 unspecified atom stereocenters. The van der Waals surface area contributed by atoms with E-state index in [4.69, 9.17) is 4.74 Å². The summed E-state index contributed by atoms with van der Waals surface area (Å²) in [5, 5.41) is 8.69. The molecule has 0 radical (unpaired) electrons. The molecule has 1 aliphatic rings. The molecule has 1 aliphatic carbocycles. The third-order valence-electron chi connectivity index (χ3n) is 3.89. The number of hydrogen-bond donors (Lipinski definition) is 2. The summed E-state index contributed by atoms with van der Waals surface area (Å²) in [6.07, 6.45) is 5.08. The fourth-order valence-electron chi connectivity index (χ4n) is 2.63. The third kappa shape index (κ3) is 4.18. The molecule has 0 spiro atoms. The fourth-order valence-corrected chi connectivity index (χ4v) is 2.63. The normalized spacial score (nSPS) is 14.6. The zero-order valence-electron chi connectivity index (χ0n) is 12.7. The van der Waals surface area contributed by atoms with E-state index in [0.29, 0.717) is 12.6 Å². The van der Waals surface area contributed by atoms with Crippen molar-refractivity contribution in [3.63, 3.8) is 0 Å². The Kier molecular flexibility index (Phi) is 4.71. The van der Waals surface area contributed by atoms with Crippen LogP contribution < -0.4 is 15.6 Å². The number of benzene rings is 1. The molecular formula is C17H19N3O3. The molecule has 2 aromatic rings. The van der Waals surface area contributed by atoms with E-state index >= 15 is 0 Å². The van der Waals surface area contributed by atoms with Crippen molar-refractivity contribution in [1.29, 1.82) is 0 Å². The molecule has 0 atom stereocenters. The number of ether oxygens (including phenoxy) is 1. The molecule has 6 nitrogen and oxygen atoms in total. The largest absolute Gasteiger partial charge is 0.490 e. The van der Waals surface area contributed by atoms with Crippen molar-refractivity contribution in [2.24, 2.45) is 0 Å². The minimum Gasteiger partial charge on any atom is -0.490 e. The summed E-state index contributed by atoms with van der Waals surface area (Å²) in [5.74, 6) is 0.543. The number of rotatable bonds is 5. The summed E-state index contributed by atoms with van der Waals surface area (Å²) in [7, 11) is 0. The smallest absolute Gasteiger partial charge is 0.271 e. The number of aromatic amines is 1. The molecule has 3 rings (SSSR count). The molecule has 0 saturated heterocycles. The van der Waals surface area contributed by atoms with Crippen molar-refractivity contribution in [3.05, 3.63) is 58.0 Å². The van der Waals surface area contributed by atoms with Gasteiger partial charge in [0.1, 0.15) is 11.4 Å². The van der Waals surface area contributed by atoms with Crippen LogP contribution in [0.25, 0.3) is 0 Å². The minimum atomic E-state index is -0.334. The van der Waals surface area contributed by atoms with Crippen LogP contribution in [0.4, 0.5) is 0 Å². The predicted octanol–water partition coefficient (Wildman–Crippen LogP) is 2.02. The molecule has 1 aromatic carbocycles. The van der Waals surface area contributed by atoms with Gasteiger partial charge in [-0.3, -0.25) is 9.59 Å². The molecule has 1 amide bonds. The zero-order valence-corrected chi connectivity index (χ0v) is 12.7. The molecule has 23 heavy (non-hydrogen) atoms. The Morgan fingerprint density at radius 1 is 1.17 bits per heavy atom.